The minimum Gasteiger partial charge on any atom is -0.493 e. The maximum Gasteiger partial charge on any atom is 0.344 e. The van der Waals surface area contributed by atoms with Crippen molar-refractivity contribution in [3.63, 3.8) is 0 Å². The Morgan fingerprint density at radius 2 is 2.14 bits per heavy atom. The molecule has 0 spiro atoms. The van der Waals surface area contributed by atoms with Crippen LogP contribution in [0.5, 0.6) is 11.5 Å². The number of hydrogen-bond donors (Lipinski definition) is 2. The van der Waals surface area contributed by atoms with Gasteiger partial charge < -0.3 is 19.9 Å². The maximum atomic E-state index is 11.1. The van der Waals surface area contributed by atoms with Gasteiger partial charge in [0.2, 0.25) is 0 Å². The van der Waals surface area contributed by atoms with Crippen molar-refractivity contribution < 1.29 is 19.4 Å². The number of carboxylic acid groups (broad SMARTS) is 1. The van der Waals surface area contributed by atoms with E-state index in [1.807, 2.05) is 12.1 Å². The quantitative estimate of drug-likeness (QED) is 0.662. The van der Waals surface area contributed by atoms with E-state index in [1.54, 1.807) is 14.0 Å². The lowest BCUT2D eigenvalue weighted by molar-refractivity contribution is -0.145. The fourth-order valence-corrected chi connectivity index (χ4v) is 2.43. The van der Waals surface area contributed by atoms with Crippen molar-refractivity contribution in [2.45, 2.75) is 39.3 Å². The SMILES string of the molecule is CCCNCc1cc(Br)c(OC(CC)C(=O)O)c(OC)c1. The molecule has 0 aliphatic carbocycles. The van der Waals surface area contributed by atoms with Crippen LogP contribution >= 0.6 is 15.9 Å². The lowest BCUT2D eigenvalue weighted by Crippen LogP contribution is -2.26. The first kappa shape index (κ1) is 17.8. The molecule has 1 aromatic rings. The molecular formula is C15H22BrNO4. The highest BCUT2D eigenvalue weighted by atomic mass is 79.9. The normalized spacial score (nSPS) is 12.0. The number of nitrogens with one attached hydrogen (secondary N) is 1. The molecule has 0 fully saturated rings. The molecule has 5 nitrogen and oxygen atoms in total. The summed E-state index contributed by atoms with van der Waals surface area (Å²) in [5.74, 6) is -0.0384. The molecule has 0 bridgehead atoms. The molecule has 0 aromatic heterocycles. The third kappa shape index (κ3) is 5.21. The fourth-order valence-electron chi connectivity index (χ4n) is 1.85. The van der Waals surface area contributed by atoms with Gasteiger partial charge in [0.1, 0.15) is 0 Å². The van der Waals surface area contributed by atoms with Gasteiger partial charge >= 0.3 is 5.97 Å². The monoisotopic (exact) mass is 359 g/mol. The topological polar surface area (TPSA) is 67.8 Å². The minimum absolute atomic E-state index is 0.380. The number of hydrogen-bond acceptors (Lipinski definition) is 4. The molecule has 0 aliphatic heterocycles. The van der Waals surface area contributed by atoms with Gasteiger partial charge in [0.15, 0.2) is 17.6 Å². The summed E-state index contributed by atoms with van der Waals surface area (Å²) in [5, 5.41) is 12.4. The van der Waals surface area contributed by atoms with E-state index in [2.05, 4.69) is 28.2 Å². The Balaban J connectivity index is 2.96. The molecule has 1 rings (SSSR count). The highest BCUT2D eigenvalue weighted by molar-refractivity contribution is 9.10. The zero-order valence-corrected chi connectivity index (χ0v) is 14.2. The van der Waals surface area contributed by atoms with Crippen LogP contribution in [-0.2, 0) is 11.3 Å². The second-order valence-electron chi connectivity index (χ2n) is 4.64. The van der Waals surface area contributed by atoms with Crippen molar-refractivity contribution >= 4 is 21.9 Å². The van der Waals surface area contributed by atoms with Crippen molar-refractivity contribution in [1.82, 2.24) is 5.32 Å². The molecule has 2 N–H and O–H groups in total. The zero-order valence-electron chi connectivity index (χ0n) is 12.6. The van der Waals surface area contributed by atoms with E-state index in [4.69, 9.17) is 14.6 Å². The minimum atomic E-state index is -0.986. The summed E-state index contributed by atoms with van der Waals surface area (Å²) in [4.78, 5) is 11.1. The lowest BCUT2D eigenvalue weighted by Gasteiger charge is -2.18. The second kappa shape index (κ2) is 8.89. The van der Waals surface area contributed by atoms with Gasteiger partial charge in [0.25, 0.3) is 0 Å². The molecular weight excluding hydrogens is 338 g/mol. The first-order chi connectivity index (χ1) is 10.0. The van der Waals surface area contributed by atoms with Crippen LogP contribution in [0.4, 0.5) is 0 Å². The first-order valence-electron chi connectivity index (χ1n) is 7.00. The molecule has 0 heterocycles. The number of methoxy groups -OCH3 is 1. The van der Waals surface area contributed by atoms with Crippen LogP contribution < -0.4 is 14.8 Å². The summed E-state index contributed by atoms with van der Waals surface area (Å²) >= 11 is 3.43. The van der Waals surface area contributed by atoms with Gasteiger partial charge in [-0.05, 0) is 53.0 Å². The number of carbonyl (C=O) groups is 1. The highest BCUT2D eigenvalue weighted by Gasteiger charge is 2.21. The Morgan fingerprint density at radius 1 is 1.43 bits per heavy atom. The highest BCUT2D eigenvalue weighted by Crippen LogP contribution is 2.37. The second-order valence-corrected chi connectivity index (χ2v) is 5.49. The van der Waals surface area contributed by atoms with Crippen LogP contribution in [0.15, 0.2) is 16.6 Å². The molecule has 0 amide bonds. The summed E-state index contributed by atoms with van der Waals surface area (Å²) in [5.41, 5.74) is 1.04. The van der Waals surface area contributed by atoms with Gasteiger partial charge in [-0.1, -0.05) is 13.8 Å². The van der Waals surface area contributed by atoms with E-state index in [1.165, 1.54) is 0 Å². The predicted octanol–water partition coefficient (Wildman–Crippen LogP) is 3.20. The summed E-state index contributed by atoms with van der Waals surface area (Å²) in [7, 11) is 1.54. The van der Waals surface area contributed by atoms with E-state index in [0.29, 0.717) is 22.4 Å². The number of benzene rings is 1. The Labute approximate surface area is 133 Å². The predicted molar refractivity (Wildman–Crippen MR) is 85.0 cm³/mol. The van der Waals surface area contributed by atoms with E-state index in [-0.39, 0.29) is 0 Å². The van der Waals surface area contributed by atoms with Crippen molar-refractivity contribution in [2.24, 2.45) is 0 Å². The van der Waals surface area contributed by atoms with Gasteiger partial charge in [0, 0.05) is 6.54 Å². The standard InChI is InChI=1S/C15H22BrNO4/c1-4-6-17-9-10-7-11(16)14(13(8-10)20-3)21-12(5-2)15(18)19/h7-8,12,17H,4-6,9H2,1-3H3,(H,18,19). The summed E-state index contributed by atoms with van der Waals surface area (Å²) < 4.78 is 11.6. The Morgan fingerprint density at radius 3 is 2.67 bits per heavy atom. The Kier molecular flexibility index (Phi) is 7.53. The summed E-state index contributed by atoms with van der Waals surface area (Å²) in [6.07, 6.45) is 0.556. The lowest BCUT2D eigenvalue weighted by atomic mass is 10.2. The molecule has 1 aromatic carbocycles. The zero-order chi connectivity index (χ0) is 15.8. The first-order valence-corrected chi connectivity index (χ1v) is 7.79. The van der Waals surface area contributed by atoms with Crippen LogP contribution in [0, 0.1) is 0 Å². The molecule has 0 saturated heterocycles. The number of halogens is 1. The van der Waals surface area contributed by atoms with Crippen molar-refractivity contribution in [2.75, 3.05) is 13.7 Å². The van der Waals surface area contributed by atoms with Crippen LogP contribution in [0.2, 0.25) is 0 Å². The van der Waals surface area contributed by atoms with E-state index >= 15 is 0 Å². The van der Waals surface area contributed by atoms with E-state index in [0.717, 1.165) is 25.1 Å². The molecule has 6 heteroatoms. The van der Waals surface area contributed by atoms with Gasteiger partial charge in [-0.2, -0.15) is 0 Å². The van der Waals surface area contributed by atoms with E-state index < -0.39 is 12.1 Å². The summed E-state index contributed by atoms with van der Waals surface area (Å²) in [6.45, 7) is 5.54. The molecule has 21 heavy (non-hydrogen) atoms. The van der Waals surface area contributed by atoms with Gasteiger partial charge in [0.05, 0.1) is 11.6 Å². The largest absolute Gasteiger partial charge is 0.493 e. The Bertz CT molecular complexity index is 479. The molecule has 0 saturated carbocycles. The fraction of sp³-hybridized carbons (Fsp3) is 0.533. The molecule has 1 unspecified atom stereocenters. The third-order valence-corrected chi connectivity index (χ3v) is 3.54. The number of aliphatic carboxylic acids is 1. The van der Waals surface area contributed by atoms with Crippen molar-refractivity contribution in [1.29, 1.82) is 0 Å². The van der Waals surface area contributed by atoms with Crippen LogP contribution in [0.1, 0.15) is 32.3 Å². The Hall–Kier alpha value is -1.27. The molecule has 118 valence electrons. The van der Waals surface area contributed by atoms with Gasteiger partial charge in [-0.15, -0.1) is 0 Å². The average molecular weight is 360 g/mol. The van der Waals surface area contributed by atoms with Crippen molar-refractivity contribution in [3.8, 4) is 11.5 Å². The van der Waals surface area contributed by atoms with Gasteiger partial charge in [-0.25, -0.2) is 4.79 Å². The molecule has 0 aliphatic rings. The number of ether oxygens (including phenoxy) is 2. The van der Waals surface area contributed by atoms with E-state index in [9.17, 15) is 4.79 Å². The third-order valence-electron chi connectivity index (χ3n) is 2.95. The number of rotatable bonds is 9. The molecule has 0 radical (unpaired) electrons. The van der Waals surface area contributed by atoms with Crippen LogP contribution in [0.3, 0.4) is 0 Å². The van der Waals surface area contributed by atoms with Crippen LogP contribution in [-0.4, -0.2) is 30.8 Å². The molecule has 1 atom stereocenters. The van der Waals surface area contributed by atoms with Crippen LogP contribution in [0.25, 0.3) is 0 Å². The number of carboxylic acids is 1. The smallest absolute Gasteiger partial charge is 0.344 e. The average Bonchev–Trinajstić information content (AvgIpc) is 2.45. The van der Waals surface area contributed by atoms with Crippen molar-refractivity contribution in [3.05, 3.63) is 22.2 Å². The van der Waals surface area contributed by atoms with Gasteiger partial charge in [-0.3, -0.25) is 0 Å². The summed E-state index contributed by atoms with van der Waals surface area (Å²) in [6, 6.07) is 3.77. The maximum absolute atomic E-state index is 11.1.